The van der Waals surface area contributed by atoms with Crippen molar-refractivity contribution in [3.63, 3.8) is 0 Å². The van der Waals surface area contributed by atoms with Gasteiger partial charge < -0.3 is 20.1 Å². The molecule has 2 saturated heterocycles. The van der Waals surface area contributed by atoms with E-state index in [0.29, 0.717) is 0 Å². The molecule has 52 heavy (non-hydrogen) atoms. The summed E-state index contributed by atoms with van der Waals surface area (Å²) in [5.74, 6) is 12.6. The van der Waals surface area contributed by atoms with Crippen molar-refractivity contribution in [2.24, 2.45) is 0 Å². The van der Waals surface area contributed by atoms with Gasteiger partial charge in [-0.25, -0.2) is 9.59 Å². The number of hydrogen-bond donors (Lipinski definition) is 2. The van der Waals surface area contributed by atoms with Gasteiger partial charge in [-0.3, -0.25) is 9.97 Å². The number of nitrogens with one attached hydrogen (secondary N) is 2. The summed E-state index contributed by atoms with van der Waals surface area (Å²) < 4.78 is 10.9. The molecule has 4 aromatic carbocycles. The molecule has 4 atom stereocenters. The molecule has 2 amide bonds. The summed E-state index contributed by atoms with van der Waals surface area (Å²) in [6, 6.07) is 45.7. The molecule has 0 bridgehead atoms. The normalized spacial score (nSPS) is 18.4. The number of cyclic esters (lactones) is 2. The smallest absolute Gasteiger partial charge is 0.408 e. The minimum absolute atomic E-state index is 0.344. The molecule has 8 heteroatoms. The van der Waals surface area contributed by atoms with E-state index in [1.807, 2.05) is 146 Å². The molecule has 252 valence electrons. The van der Waals surface area contributed by atoms with Crippen molar-refractivity contribution >= 4 is 12.2 Å². The van der Waals surface area contributed by atoms with Crippen LogP contribution in [0.4, 0.5) is 9.59 Å². The van der Waals surface area contributed by atoms with Gasteiger partial charge in [0, 0.05) is 34.6 Å². The highest BCUT2D eigenvalue weighted by atomic mass is 16.6. The van der Waals surface area contributed by atoms with Gasteiger partial charge in [-0.1, -0.05) is 121 Å². The van der Waals surface area contributed by atoms with Gasteiger partial charge >= 0.3 is 12.2 Å². The van der Waals surface area contributed by atoms with Crippen LogP contribution in [0.3, 0.4) is 0 Å². The fraction of sp³-hybridized carbons (Fsp3) is 0.0909. The van der Waals surface area contributed by atoms with Crippen LogP contribution in [0, 0.1) is 23.7 Å². The van der Waals surface area contributed by atoms with E-state index in [4.69, 9.17) is 9.47 Å². The lowest BCUT2D eigenvalue weighted by Crippen LogP contribution is -2.20. The van der Waals surface area contributed by atoms with E-state index < -0.39 is 24.4 Å². The molecule has 0 saturated carbocycles. The van der Waals surface area contributed by atoms with E-state index in [1.165, 1.54) is 0 Å². The first-order valence-electron chi connectivity index (χ1n) is 16.7. The van der Waals surface area contributed by atoms with E-state index in [-0.39, 0.29) is 12.1 Å². The van der Waals surface area contributed by atoms with Crippen LogP contribution in [-0.2, 0) is 9.47 Å². The van der Waals surface area contributed by atoms with Crippen molar-refractivity contribution < 1.29 is 19.1 Å². The first-order chi connectivity index (χ1) is 25.6. The van der Waals surface area contributed by atoms with Crippen LogP contribution < -0.4 is 10.6 Å². The van der Waals surface area contributed by atoms with Gasteiger partial charge in [0.2, 0.25) is 0 Å². The first kappa shape index (κ1) is 33.3. The average Bonchev–Trinajstić information content (AvgIpc) is 3.81. The third-order valence-corrected chi connectivity index (χ3v) is 8.33. The molecule has 2 aromatic heterocycles. The topological polar surface area (TPSA) is 102 Å². The van der Waals surface area contributed by atoms with Crippen molar-refractivity contribution in [1.29, 1.82) is 0 Å². The molecule has 2 aliphatic rings. The van der Waals surface area contributed by atoms with E-state index >= 15 is 0 Å². The number of rotatable bonds is 4. The second kappa shape index (κ2) is 16.0. The molecule has 2 fully saturated rings. The van der Waals surface area contributed by atoms with Crippen molar-refractivity contribution in [3.05, 3.63) is 203 Å². The summed E-state index contributed by atoms with van der Waals surface area (Å²) in [6.45, 7) is 0. The van der Waals surface area contributed by atoms with Crippen LogP contribution >= 0.6 is 0 Å². The molecule has 2 aliphatic heterocycles. The van der Waals surface area contributed by atoms with Crippen molar-refractivity contribution in [1.82, 2.24) is 20.6 Å². The zero-order chi connectivity index (χ0) is 35.5. The predicted octanol–water partition coefficient (Wildman–Crippen LogP) is 8.01. The van der Waals surface area contributed by atoms with Gasteiger partial charge in [-0.05, 0) is 59.7 Å². The largest absolute Gasteiger partial charge is 0.439 e. The highest BCUT2D eigenvalue weighted by Gasteiger charge is 2.38. The molecule has 6 aromatic rings. The van der Waals surface area contributed by atoms with Crippen molar-refractivity contribution in [2.75, 3.05) is 0 Å². The standard InChI is InChI=1S/2C22H16N2O2/c2*25-22-24-20(21(26-22)18-9-5-2-6-10-18)19-15-17(13-14-23-19)12-11-16-7-3-1-4-8-16/h2*1-10,13-15,20-21H,(H,24,25)/t2*20-,21-/m10/s1. The number of aromatic nitrogens is 2. The maximum atomic E-state index is 11.8. The molecule has 0 spiro atoms. The zero-order valence-electron chi connectivity index (χ0n) is 27.8. The Hall–Kier alpha value is -7.16. The lowest BCUT2D eigenvalue weighted by atomic mass is 9.99. The maximum Gasteiger partial charge on any atom is 0.408 e. The molecule has 0 radical (unpaired) electrons. The molecular formula is C44H32N4O4. The second-order valence-electron chi connectivity index (χ2n) is 11.9. The Bertz CT molecular complexity index is 2110. The molecule has 8 rings (SSSR count). The monoisotopic (exact) mass is 680 g/mol. The summed E-state index contributed by atoms with van der Waals surface area (Å²) in [5.41, 5.74) is 6.89. The first-order valence-corrected chi connectivity index (χ1v) is 16.7. The van der Waals surface area contributed by atoms with Crippen molar-refractivity contribution in [3.8, 4) is 23.7 Å². The summed E-state index contributed by atoms with van der Waals surface area (Å²) >= 11 is 0. The van der Waals surface area contributed by atoms with E-state index in [1.54, 1.807) is 12.4 Å². The Morgan fingerprint density at radius 3 is 1.17 bits per heavy atom. The molecule has 0 aliphatic carbocycles. The third kappa shape index (κ3) is 8.34. The molecule has 2 N–H and O–H groups in total. The fourth-order valence-corrected chi connectivity index (χ4v) is 5.83. The zero-order valence-corrected chi connectivity index (χ0v) is 27.8. The number of carbonyl (C=O) groups excluding carboxylic acids is 2. The minimum Gasteiger partial charge on any atom is -0.439 e. The molecule has 4 heterocycles. The number of amides is 2. The van der Waals surface area contributed by atoms with Crippen LogP contribution in [0.25, 0.3) is 0 Å². The average molecular weight is 681 g/mol. The minimum atomic E-state index is -0.438. The maximum absolute atomic E-state index is 11.8. The second-order valence-corrected chi connectivity index (χ2v) is 11.9. The fourth-order valence-electron chi connectivity index (χ4n) is 5.83. The van der Waals surface area contributed by atoms with Crippen LogP contribution in [0.1, 0.15) is 69.1 Å². The number of nitrogens with zero attached hydrogens (tertiary/aromatic N) is 2. The summed E-state index contributed by atoms with van der Waals surface area (Å²) in [6.07, 6.45) is 1.72. The van der Waals surface area contributed by atoms with Crippen LogP contribution in [-0.4, -0.2) is 22.2 Å². The lowest BCUT2D eigenvalue weighted by Gasteiger charge is -2.16. The Morgan fingerprint density at radius 2 is 0.788 bits per heavy atom. The number of alkyl carbamates (subject to hydrolysis) is 2. The Labute approximate surface area is 301 Å². The van der Waals surface area contributed by atoms with Gasteiger partial charge in [-0.15, -0.1) is 0 Å². The van der Waals surface area contributed by atoms with Crippen LogP contribution in [0.2, 0.25) is 0 Å². The number of ether oxygens (including phenoxy) is 2. The lowest BCUT2D eigenvalue weighted by molar-refractivity contribution is 0.131. The summed E-state index contributed by atoms with van der Waals surface area (Å²) in [5, 5.41) is 5.70. The molecule has 8 nitrogen and oxygen atoms in total. The highest BCUT2D eigenvalue weighted by Crippen LogP contribution is 2.37. The third-order valence-electron chi connectivity index (χ3n) is 8.33. The number of carbonyl (C=O) groups is 2. The van der Waals surface area contributed by atoms with E-state index in [9.17, 15) is 9.59 Å². The summed E-state index contributed by atoms with van der Waals surface area (Å²) in [4.78, 5) is 32.5. The van der Waals surface area contributed by atoms with E-state index in [0.717, 1.165) is 44.8 Å². The van der Waals surface area contributed by atoms with Gasteiger partial charge in [0.25, 0.3) is 0 Å². The highest BCUT2D eigenvalue weighted by molar-refractivity contribution is 5.71. The quantitative estimate of drug-likeness (QED) is 0.183. The van der Waals surface area contributed by atoms with Crippen LogP contribution in [0.15, 0.2) is 158 Å². The van der Waals surface area contributed by atoms with Crippen LogP contribution in [0.5, 0.6) is 0 Å². The van der Waals surface area contributed by atoms with Gasteiger partial charge in [-0.2, -0.15) is 0 Å². The Balaban J connectivity index is 0.000000162. The van der Waals surface area contributed by atoms with Gasteiger partial charge in [0.05, 0.1) is 11.4 Å². The molecular weight excluding hydrogens is 649 g/mol. The number of hydrogen-bond acceptors (Lipinski definition) is 6. The van der Waals surface area contributed by atoms with Gasteiger partial charge in [0.15, 0.2) is 12.2 Å². The predicted molar refractivity (Wildman–Crippen MR) is 196 cm³/mol. The Morgan fingerprint density at radius 1 is 0.442 bits per heavy atom. The van der Waals surface area contributed by atoms with Crippen molar-refractivity contribution in [2.45, 2.75) is 24.3 Å². The summed E-state index contributed by atoms with van der Waals surface area (Å²) in [7, 11) is 0. The number of benzene rings is 4. The Kier molecular flexibility index (Phi) is 10.3. The van der Waals surface area contributed by atoms with Gasteiger partial charge in [0.1, 0.15) is 12.1 Å². The number of pyridine rings is 2. The molecule has 0 unspecified atom stereocenters. The van der Waals surface area contributed by atoms with E-state index in [2.05, 4.69) is 44.3 Å². The SMILES string of the molecule is O=C1N[C@@H](c2cc(C#Cc3ccccc3)ccn2)[C@H](c2ccccc2)O1.O=C1N[C@H](c2cc(C#Cc3ccccc3)ccn2)[C@@H](c2ccccc2)O1.